The van der Waals surface area contributed by atoms with Crippen LogP contribution in [0.15, 0.2) is 66.0 Å². The van der Waals surface area contributed by atoms with Crippen LogP contribution < -0.4 is 10.9 Å². The quantitative estimate of drug-likeness (QED) is 0.677. The maximum atomic E-state index is 12.8. The number of carbonyl (C=O) groups is 1. The minimum atomic E-state index is -0.656. The lowest BCUT2D eigenvalue weighted by Gasteiger charge is -2.14. The topological polar surface area (TPSA) is 71.3 Å². The molecule has 0 saturated carbocycles. The number of hydrogen-bond donors (Lipinski definition) is 2. The molecule has 2 N–H and O–H groups in total. The summed E-state index contributed by atoms with van der Waals surface area (Å²) in [5, 5.41) is 14.1. The van der Waals surface area contributed by atoms with E-state index in [0.717, 1.165) is 0 Å². The number of aromatic nitrogens is 1. The standard InChI is InChI=1S/C20H17ClN2O3/c1-2-11-23-16-10-6-4-8-14(16)18(24)17(20(23)26)19(25)22-12-13-7-3-5-9-15(13)21/h2-10,24H,1,11-12H2,(H,22,25). The molecule has 5 nitrogen and oxygen atoms in total. The number of amides is 1. The molecule has 0 aliphatic carbocycles. The van der Waals surface area contributed by atoms with E-state index in [1.54, 1.807) is 54.6 Å². The van der Waals surface area contributed by atoms with Gasteiger partial charge in [0.2, 0.25) is 0 Å². The zero-order chi connectivity index (χ0) is 18.7. The molecule has 26 heavy (non-hydrogen) atoms. The average molecular weight is 369 g/mol. The Morgan fingerprint density at radius 3 is 2.62 bits per heavy atom. The highest BCUT2D eigenvalue weighted by Crippen LogP contribution is 2.26. The van der Waals surface area contributed by atoms with Crippen molar-refractivity contribution in [2.45, 2.75) is 13.1 Å². The fourth-order valence-electron chi connectivity index (χ4n) is 2.81. The van der Waals surface area contributed by atoms with E-state index in [1.165, 1.54) is 4.57 Å². The van der Waals surface area contributed by atoms with Crippen molar-refractivity contribution in [1.82, 2.24) is 9.88 Å². The molecule has 0 aliphatic rings. The van der Waals surface area contributed by atoms with Crippen LogP contribution in [0.2, 0.25) is 5.02 Å². The van der Waals surface area contributed by atoms with E-state index >= 15 is 0 Å². The fourth-order valence-corrected chi connectivity index (χ4v) is 3.01. The molecule has 0 aliphatic heterocycles. The molecular formula is C20H17ClN2O3. The molecule has 0 saturated heterocycles. The highest BCUT2D eigenvalue weighted by atomic mass is 35.5. The Labute approximate surface area is 155 Å². The van der Waals surface area contributed by atoms with Crippen LogP contribution in [0.4, 0.5) is 0 Å². The van der Waals surface area contributed by atoms with Crippen molar-refractivity contribution in [1.29, 1.82) is 0 Å². The molecule has 0 spiro atoms. The van der Waals surface area contributed by atoms with Gasteiger partial charge in [0.1, 0.15) is 11.3 Å². The van der Waals surface area contributed by atoms with Gasteiger partial charge in [-0.15, -0.1) is 6.58 Å². The van der Waals surface area contributed by atoms with Crippen LogP contribution in [-0.4, -0.2) is 15.6 Å². The SMILES string of the molecule is C=CCn1c(=O)c(C(=O)NCc2ccccc2Cl)c(O)c2ccccc21. The van der Waals surface area contributed by atoms with Crippen molar-refractivity contribution in [3.05, 3.63) is 87.7 Å². The first-order valence-electron chi connectivity index (χ1n) is 8.01. The van der Waals surface area contributed by atoms with Crippen LogP contribution >= 0.6 is 11.6 Å². The van der Waals surface area contributed by atoms with Gasteiger partial charge in [-0.2, -0.15) is 0 Å². The van der Waals surface area contributed by atoms with Gasteiger partial charge < -0.3 is 15.0 Å². The zero-order valence-corrected chi connectivity index (χ0v) is 14.7. The molecule has 0 bridgehead atoms. The van der Waals surface area contributed by atoms with Crippen molar-refractivity contribution >= 4 is 28.4 Å². The Kier molecular flexibility index (Phi) is 5.09. The minimum absolute atomic E-state index is 0.145. The molecule has 132 valence electrons. The van der Waals surface area contributed by atoms with Crippen LogP contribution in [0.3, 0.4) is 0 Å². The number of carbonyl (C=O) groups excluding carboxylic acids is 1. The summed E-state index contributed by atoms with van der Waals surface area (Å²) in [7, 11) is 0. The smallest absolute Gasteiger partial charge is 0.268 e. The van der Waals surface area contributed by atoms with Gasteiger partial charge in [-0.05, 0) is 23.8 Å². The molecule has 1 amide bonds. The van der Waals surface area contributed by atoms with Crippen LogP contribution in [0, 0.1) is 0 Å². The second-order valence-corrected chi connectivity index (χ2v) is 6.13. The lowest BCUT2D eigenvalue weighted by atomic mass is 10.1. The van der Waals surface area contributed by atoms with E-state index in [4.69, 9.17) is 11.6 Å². The van der Waals surface area contributed by atoms with Crippen molar-refractivity contribution in [2.24, 2.45) is 0 Å². The molecule has 2 aromatic carbocycles. The lowest BCUT2D eigenvalue weighted by molar-refractivity contribution is 0.0946. The minimum Gasteiger partial charge on any atom is -0.506 e. The third kappa shape index (κ3) is 3.21. The van der Waals surface area contributed by atoms with Gasteiger partial charge >= 0.3 is 0 Å². The van der Waals surface area contributed by atoms with Crippen LogP contribution in [0.5, 0.6) is 5.75 Å². The summed E-state index contributed by atoms with van der Waals surface area (Å²) in [5.74, 6) is -0.987. The maximum Gasteiger partial charge on any atom is 0.268 e. The third-order valence-corrected chi connectivity index (χ3v) is 4.45. The highest BCUT2D eigenvalue weighted by molar-refractivity contribution is 6.31. The number of fused-ring (bicyclic) bond motifs is 1. The molecule has 3 rings (SSSR count). The number of pyridine rings is 1. The number of rotatable bonds is 5. The molecule has 0 unspecified atom stereocenters. The van der Waals surface area contributed by atoms with Gasteiger partial charge in [-0.25, -0.2) is 0 Å². The van der Waals surface area contributed by atoms with Gasteiger partial charge in [0.15, 0.2) is 0 Å². The number of benzene rings is 2. The highest BCUT2D eigenvalue weighted by Gasteiger charge is 2.21. The second kappa shape index (κ2) is 7.45. The summed E-state index contributed by atoms with van der Waals surface area (Å²) in [5.41, 5.74) is 0.391. The average Bonchev–Trinajstić information content (AvgIpc) is 2.64. The van der Waals surface area contributed by atoms with Gasteiger partial charge in [-0.1, -0.05) is 48.0 Å². The molecule has 0 radical (unpaired) electrons. The number of hydrogen-bond acceptors (Lipinski definition) is 3. The van der Waals surface area contributed by atoms with E-state index in [2.05, 4.69) is 11.9 Å². The Hall–Kier alpha value is -3.05. The second-order valence-electron chi connectivity index (χ2n) is 5.72. The monoisotopic (exact) mass is 368 g/mol. The van der Waals surface area contributed by atoms with Crippen LogP contribution in [-0.2, 0) is 13.1 Å². The van der Waals surface area contributed by atoms with Crippen molar-refractivity contribution in [3.63, 3.8) is 0 Å². The number of aromatic hydroxyl groups is 1. The first-order chi connectivity index (χ1) is 12.5. The van der Waals surface area contributed by atoms with E-state index in [-0.39, 0.29) is 24.4 Å². The summed E-state index contributed by atoms with van der Waals surface area (Å²) in [6.07, 6.45) is 1.57. The third-order valence-electron chi connectivity index (χ3n) is 4.08. The summed E-state index contributed by atoms with van der Waals surface area (Å²) >= 11 is 6.08. The van der Waals surface area contributed by atoms with Gasteiger partial charge in [-0.3, -0.25) is 9.59 Å². The summed E-state index contributed by atoms with van der Waals surface area (Å²) in [6, 6.07) is 14.0. The number of nitrogens with zero attached hydrogens (tertiary/aromatic N) is 1. The number of allylic oxidation sites excluding steroid dienone is 1. The van der Waals surface area contributed by atoms with Crippen molar-refractivity contribution in [3.8, 4) is 5.75 Å². The largest absolute Gasteiger partial charge is 0.506 e. The summed E-state index contributed by atoms with van der Waals surface area (Å²) < 4.78 is 1.41. The molecule has 1 heterocycles. The Morgan fingerprint density at radius 1 is 1.19 bits per heavy atom. The summed E-state index contributed by atoms with van der Waals surface area (Å²) in [4.78, 5) is 25.4. The van der Waals surface area contributed by atoms with Crippen LogP contribution in [0.1, 0.15) is 15.9 Å². The van der Waals surface area contributed by atoms with E-state index in [9.17, 15) is 14.7 Å². The molecule has 3 aromatic rings. The fraction of sp³-hybridized carbons (Fsp3) is 0.100. The van der Waals surface area contributed by atoms with E-state index < -0.39 is 11.5 Å². The number of halogens is 1. The van der Waals surface area contributed by atoms with E-state index in [0.29, 0.717) is 21.5 Å². The van der Waals surface area contributed by atoms with Crippen LogP contribution in [0.25, 0.3) is 10.9 Å². The predicted octanol–water partition coefficient (Wildman–Crippen LogP) is 3.48. The molecule has 1 aromatic heterocycles. The maximum absolute atomic E-state index is 12.8. The van der Waals surface area contributed by atoms with E-state index in [1.807, 2.05) is 0 Å². The first-order valence-corrected chi connectivity index (χ1v) is 8.39. The number of nitrogens with one attached hydrogen (secondary N) is 1. The van der Waals surface area contributed by atoms with Gasteiger partial charge in [0.05, 0.1) is 5.52 Å². The first kappa shape index (κ1) is 17.8. The molecule has 0 atom stereocenters. The summed E-state index contributed by atoms with van der Waals surface area (Å²) in [6.45, 7) is 4.02. The molecular weight excluding hydrogens is 352 g/mol. The number of para-hydroxylation sites is 1. The van der Waals surface area contributed by atoms with Crippen molar-refractivity contribution in [2.75, 3.05) is 0 Å². The lowest BCUT2D eigenvalue weighted by Crippen LogP contribution is -2.33. The van der Waals surface area contributed by atoms with Gasteiger partial charge in [0.25, 0.3) is 11.5 Å². The van der Waals surface area contributed by atoms with Crippen molar-refractivity contribution < 1.29 is 9.90 Å². The molecule has 6 heteroatoms. The zero-order valence-electron chi connectivity index (χ0n) is 13.9. The normalized spacial score (nSPS) is 10.7. The Bertz CT molecular complexity index is 1060. The van der Waals surface area contributed by atoms with Gasteiger partial charge in [0, 0.05) is 23.5 Å². The Morgan fingerprint density at radius 2 is 1.88 bits per heavy atom. The Balaban J connectivity index is 2.04. The predicted molar refractivity (Wildman–Crippen MR) is 103 cm³/mol. The molecule has 0 fully saturated rings.